The van der Waals surface area contributed by atoms with Gasteiger partial charge in [0.25, 0.3) is 0 Å². The molecule has 2 aromatic rings. The van der Waals surface area contributed by atoms with Gasteiger partial charge in [0.05, 0.1) is 7.11 Å². The number of halogens is 3. The predicted molar refractivity (Wildman–Crippen MR) is 112 cm³/mol. The molecule has 0 aliphatic carbocycles. The van der Waals surface area contributed by atoms with Crippen molar-refractivity contribution in [3.05, 3.63) is 56.0 Å². The molecule has 7 heteroatoms. The molecule has 2 rings (SSSR count). The average Bonchev–Trinajstić information content (AvgIpc) is 2.62. The van der Waals surface area contributed by atoms with Gasteiger partial charge < -0.3 is 20.1 Å². The lowest BCUT2D eigenvalue weighted by Gasteiger charge is -2.15. The number of ether oxygens (including phenoxy) is 2. The highest BCUT2D eigenvalue weighted by Gasteiger charge is 2.12. The minimum Gasteiger partial charge on any atom is -0.493 e. The number of benzene rings is 2. The van der Waals surface area contributed by atoms with Crippen molar-refractivity contribution in [1.82, 2.24) is 10.6 Å². The fourth-order valence-electron chi connectivity index (χ4n) is 2.42. The van der Waals surface area contributed by atoms with Crippen LogP contribution in [0.1, 0.15) is 17.5 Å². The summed E-state index contributed by atoms with van der Waals surface area (Å²) in [5, 5.41) is 7.72. The Bertz CT molecular complexity index is 709. The maximum atomic E-state index is 6.20. The van der Waals surface area contributed by atoms with Crippen molar-refractivity contribution in [2.45, 2.75) is 19.6 Å². The SMILES string of the molecule is CNCCCNCc1cc(OC)c(OCc2c(Cl)cccc2Cl)cc1Br. The molecule has 0 radical (unpaired) electrons. The van der Waals surface area contributed by atoms with Crippen LogP contribution in [0.3, 0.4) is 0 Å². The van der Waals surface area contributed by atoms with Crippen LogP contribution < -0.4 is 20.1 Å². The van der Waals surface area contributed by atoms with E-state index in [0.717, 1.165) is 41.7 Å². The number of hydrogen-bond acceptors (Lipinski definition) is 4. The Kier molecular flexibility index (Phi) is 9.02. The summed E-state index contributed by atoms with van der Waals surface area (Å²) in [7, 11) is 3.58. The van der Waals surface area contributed by atoms with Gasteiger partial charge in [-0.1, -0.05) is 45.2 Å². The second-order valence-electron chi connectivity index (χ2n) is 5.72. The highest BCUT2D eigenvalue weighted by Crippen LogP contribution is 2.35. The summed E-state index contributed by atoms with van der Waals surface area (Å²) in [5.74, 6) is 1.30. The summed E-state index contributed by atoms with van der Waals surface area (Å²) in [6.45, 7) is 2.95. The number of nitrogens with one attached hydrogen (secondary N) is 2. The average molecular weight is 462 g/mol. The van der Waals surface area contributed by atoms with Crippen LogP contribution in [-0.4, -0.2) is 27.2 Å². The Balaban J connectivity index is 2.06. The van der Waals surface area contributed by atoms with E-state index in [1.165, 1.54) is 0 Å². The smallest absolute Gasteiger partial charge is 0.162 e. The molecule has 0 aliphatic rings. The summed E-state index contributed by atoms with van der Waals surface area (Å²) < 4.78 is 12.4. The van der Waals surface area contributed by atoms with Gasteiger partial charge in [0.1, 0.15) is 6.61 Å². The van der Waals surface area contributed by atoms with Gasteiger partial charge in [-0.15, -0.1) is 0 Å². The Labute approximate surface area is 173 Å². The van der Waals surface area contributed by atoms with Crippen LogP contribution in [0.2, 0.25) is 10.0 Å². The number of rotatable bonds is 10. The Hall–Kier alpha value is -0.980. The standard InChI is InChI=1S/C19H23BrCl2N2O2/c1-23-7-4-8-24-11-13-9-18(25-2)19(10-15(13)20)26-12-14-16(21)5-3-6-17(14)22/h3,5-6,9-10,23-24H,4,7-8,11-12H2,1-2H3. The van der Waals surface area contributed by atoms with E-state index < -0.39 is 0 Å². The molecule has 0 spiro atoms. The minimum absolute atomic E-state index is 0.267. The van der Waals surface area contributed by atoms with E-state index in [0.29, 0.717) is 21.5 Å². The second-order valence-corrected chi connectivity index (χ2v) is 7.39. The van der Waals surface area contributed by atoms with E-state index in [1.54, 1.807) is 19.2 Å². The normalized spacial score (nSPS) is 10.8. The number of methoxy groups -OCH3 is 1. The molecule has 0 amide bonds. The van der Waals surface area contributed by atoms with Crippen LogP contribution in [0.4, 0.5) is 0 Å². The molecule has 4 nitrogen and oxygen atoms in total. The Morgan fingerprint density at radius 1 is 1.08 bits per heavy atom. The van der Waals surface area contributed by atoms with Crippen LogP contribution in [0.5, 0.6) is 11.5 Å². The third kappa shape index (κ3) is 6.03. The molecule has 2 aromatic carbocycles. The van der Waals surface area contributed by atoms with Crippen LogP contribution in [0, 0.1) is 0 Å². The fraction of sp³-hybridized carbons (Fsp3) is 0.368. The van der Waals surface area contributed by atoms with Crippen LogP contribution in [-0.2, 0) is 13.2 Å². The molecule has 0 unspecified atom stereocenters. The van der Waals surface area contributed by atoms with E-state index in [9.17, 15) is 0 Å². The van der Waals surface area contributed by atoms with E-state index in [1.807, 2.05) is 25.2 Å². The van der Waals surface area contributed by atoms with Crippen molar-refractivity contribution in [2.24, 2.45) is 0 Å². The van der Waals surface area contributed by atoms with Crippen molar-refractivity contribution < 1.29 is 9.47 Å². The molecule has 2 N–H and O–H groups in total. The molecule has 0 fully saturated rings. The largest absolute Gasteiger partial charge is 0.493 e. The lowest BCUT2D eigenvalue weighted by Crippen LogP contribution is -2.19. The van der Waals surface area contributed by atoms with Gasteiger partial charge in [-0.3, -0.25) is 0 Å². The number of hydrogen-bond donors (Lipinski definition) is 2. The molecule has 0 saturated carbocycles. The van der Waals surface area contributed by atoms with E-state index >= 15 is 0 Å². The van der Waals surface area contributed by atoms with Crippen LogP contribution in [0.25, 0.3) is 0 Å². The van der Waals surface area contributed by atoms with Gasteiger partial charge in [-0.25, -0.2) is 0 Å². The van der Waals surface area contributed by atoms with Gasteiger partial charge in [0, 0.05) is 26.6 Å². The fourth-order valence-corrected chi connectivity index (χ4v) is 3.39. The second kappa shape index (κ2) is 11.0. The van der Waals surface area contributed by atoms with Gasteiger partial charge in [0.15, 0.2) is 11.5 Å². The first-order valence-electron chi connectivity index (χ1n) is 8.34. The lowest BCUT2D eigenvalue weighted by molar-refractivity contribution is 0.284. The molecule has 0 aliphatic heterocycles. The summed E-state index contributed by atoms with van der Waals surface area (Å²) in [5.41, 5.74) is 1.86. The van der Waals surface area contributed by atoms with E-state index in [-0.39, 0.29) is 6.61 Å². The first-order chi connectivity index (χ1) is 12.6. The highest BCUT2D eigenvalue weighted by molar-refractivity contribution is 9.10. The minimum atomic E-state index is 0.267. The predicted octanol–water partition coefficient (Wildman–Crippen LogP) is 5.04. The molecule has 0 bridgehead atoms. The quantitative estimate of drug-likeness (QED) is 0.486. The zero-order chi connectivity index (χ0) is 18.9. The van der Waals surface area contributed by atoms with Gasteiger partial charge in [-0.05, 0) is 56.4 Å². The first kappa shape index (κ1) is 21.3. The zero-order valence-electron chi connectivity index (χ0n) is 14.9. The summed E-state index contributed by atoms with van der Waals surface area (Å²) >= 11 is 16.0. The molecule has 26 heavy (non-hydrogen) atoms. The maximum absolute atomic E-state index is 6.20. The maximum Gasteiger partial charge on any atom is 0.162 e. The molecule has 0 aromatic heterocycles. The van der Waals surface area contributed by atoms with Gasteiger partial charge in [-0.2, -0.15) is 0 Å². The molecular formula is C19H23BrCl2N2O2. The van der Waals surface area contributed by atoms with E-state index in [2.05, 4.69) is 26.6 Å². The van der Waals surface area contributed by atoms with Crippen LogP contribution >= 0.6 is 39.1 Å². The Morgan fingerprint density at radius 2 is 1.81 bits per heavy atom. The van der Waals surface area contributed by atoms with Crippen molar-refractivity contribution in [3.8, 4) is 11.5 Å². The summed E-state index contributed by atoms with van der Waals surface area (Å²) in [4.78, 5) is 0. The van der Waals surface area contributed by atoms with Crippen LogP contribution in [0.15, 0.2) is 34.8 Å². The van der Waals surface area contributed by atoms with Gasteiger partial charge >= 0.3 is 0 Å². The zero-order valence-corrected chi connectivity index (χ0v) is 18.0. The highest BCUT2D eigenvalue weighted by atomic mass is 79.9. The van der Waals surface area contributed by atoms with Crippen molar-refractivity contribution in [3.63, 3.8) is 0 Å². The lowest BCUT2D eigenvalue weighted by atomic mass is 10.2. The Morgan fingerprint density at radius 3 is 2.46 bits per heavy atom. The topological polar surface area (TPSA) is 42.5 Å². The summed E-state index contributed by atoms with van der Waals surface area (Å²) in [6.07, 6.45) is 1.07. The molecule has 0 heterocycles. The van der Waals surface area contributed by atoms with Crippen molar-refractivity contribution in [1.29, 1.82) is 0 Å². The third-order valence-corrected chi connectivity index (χ3v) is 5.31. The van der Waals surface area contributed by atoms with Crippen molar-refractivity contribution in [2.75, 3.05) is 27.2 Å². The van der Waals surface area contributed by atoms with Crippen molar-refractivity contribution >= 4 is 39.1 Å². The van der Waals surface area contributed by atoms with E-state index in [4.69, 9.17) is 32.7 Å². The van der Waals surface area contributed by atoms with Gasteiger partial charge in [0.2, 0.25) is 0 Å². The summed E-state index contributed by atoms with van der Waals surface area (Å²) in [6, 6.07) is 9.28. The molecule has 0 saturated heterocycles. The molecule has 0 atom stereocenters. The first-order valence-corrected chi connectivity index (χ1v) is 9.89. The third-order valence-electron chi connectivity index (χ3n) is 3.86. The molecule has 142 valence electrons. The monoisotopic (exact) mass is 460 g/mol. The molecular weight excluding hydrogens is 439 g/mol.